The molecule has 4 heteroatoms. The van der Waals surface area contributed by atoms with Gasteiger partial charge in [0.15, 0.2) is 0 Å². The van der Waals surface area contributed by atoms with E-state index in [1.807, 2.05) is 6.07 Å². The summed E-state index contributed by atoms with van der Waals surface area (Å²) in [6.07, 6.45) is 3.27. The van der Waals surface area contributed by atoms with Gasteiger partial charge in [0.25, 0.3) is 0 Å². The van der Waals surface area contributed by atoms with Crippen molar-refractivity contribution in [3.63, 3.8) is 0 Å². The molecule has 0 aromatic heterocycles. The van der Waals surface area contributed by atoms with Crippen LogP contribution in [0.3, 0.4) is 0 Å². The molecule has 1 aromatic rings. The van der Waals surface area contributed by atoms with Crippen LogP contribution in [0.15, 0.2) is 22.7 Å². The first-order chi connectivity index (χ1) is 8.83. The molecule has 0 bridgehead atoms. The van der Waals surface area contributed by atoms with Gasteiger partial charge in [0.05, 0.1) is 6.61 Å². The van der Waals surface area contributed by atoms with Gasteiger partial charge in [0, 0.05) is 41.8 Å². The third kappa shape index (κ3) is 2.71. The molecule has 3 rings (SSSR count). The average Bonchev–Trinajstić information content (AvgIpc) is 2.41. The maximum atomic E-state index is 5.71. The number of hydrogen-bond donors (Lipinski definition) is 1. The van der Waals surface area contributed by atoms with E-state index in [1.165, 1.54) is 5.56 Å². The number of halogens is 1. The minimum absolute atomic E-state index is 0.411. The molecule has 1 unspecified atom stereocenters. The molecule has 1 aromatic carbocycles. The lowest BCUT2D eigenvalue weighted by atomic mass is 9.98. The van der Waals surface area contributed by atoms with Gasteiger partial charge < -0.3 is 14.8 Å². The van der Waals surface area contributed by atoms with E-state index in [0.717, 1.165) is 49.3 Å². The Balaban J connectivity index is 1.75. The molecule has 0 radical (unpaired) electrons. The standard InChI is InChI=1S/C14H18BrNO2/c15-10-1-2-14-12(9-10)13(5-8-18-14)16-11-3-6-17-7-4-11/h1-2,9,11,13,16H,3-8H2. The first-order valence-electron chi connectivity index (χ1n) is 6.59. The van der Waals surface area contributed by atoms with Gasteiger partial charge in [-0.05, 0) is 31.0 Å². The van der Waals surface area contributed by atoms with Crippen molar-refractivity contribution in [1.82, 2.24) is 5.32 Å². The molecule has 0 aliphatic carbocycles. The molecule has 18 heavy (non-hydrogen) atoms. The van der Waals surface area contributed by atoms with Gasteiger partial charge in [-0.25, -0.2) is 0 Å². The molecule has 0 amide bonds. The van der Waals surface area contributed by atoms with Gasteiger partial charge in [-0.15, -0.1) is 0 Å². The van der Waals surface area contributed by atoms with Crippen LogP contribution in [-0.4, -0.2) is 25.9 Å². The Hall–Kier alpha value is -0.580. The monoisotopic (exact) mass is 311 g/mol. The highest BCUT2D eigenvalue weighted by atomic mass is 79.9. The van der Waals surface area contributed by atoms with Crippen molar-refractivity contribution in [2.24, 2.45) is 0 Å². The van der Waals surface area contributed by atoms with Crippen LogP contribution in [0, 0.1) is 0 Å². The van der Waals surface area contributed by atoms with Gasteiger partial charge >= 0.3 is 0 Å². The Labute approximate surface area is 116 Å². The van der Waals surface area contributed by atoms with Gasteiger partial charge in [0.1, 0.15) is 5.75 Å². The molecule has 3 nitrogen and oxygen atoms in total. The van der Waals surface area contributed by atoms with Gasteiger partial charge in [-0.3, -0.25) is 0 Å². The van der Waals surface area contributed by atoms with Gasteiger partial charge in [-0.1, -0.05) is 15.9 Å². The molecule has 0 spiro atoms. The zero-order chi connectivity index (χ0) is 12.4. The van der Waals surface area contributed by atoms with Crippen LogP contribution < -0.4 is 10.1 Å². The maximum absolute atomic E-state index is 5.71. The average molecular weight is 312 g/mol. The number of ether oxygens (including phenoxy) is 2. The van der Waals surface area contributed by atoms with E-state index in [-0.39, 0.29) is 0 Å². The van der Waals surface area contributed by atoms with Crippen LogP contribution in [0.2, 0.25) is 0 Å². The predicted molar refractivity (Wildman–Crippen MR) is 74.0 cm³/mol. The summed E-state index contributed by atoms with van der Waals surface area (Å²) in [6, 6.07) is 7.25. The fraction of sp³-hybridized carbons (Fsp3) is 0.571. The third-order valence-corrected chi connectivity index (χ3v) is 4.16. The summed E-state index contributed by atoms with van der Waals surface area (Å²) in [5.41, 5.74) is 1.28. The summed E-state index contributed by atoms with van der Waals surface area (Å²) >= 11 is 3.54. The Kier molecular flexibility index (Phi) is 3.87. The van der Waals surface area contributed by atoms with E-state index < -0.39 is 0 Å². The number of benzene rings is 1. The Morgan fingerprint density at radius 2 is 1.94 bits per heavy atom. The number of rotatable bonds is 2. The van der Waals surface area contributed by atoms with Gasteiger partial charge in [0.2, 0.25) is 0 Å². The molecular formula is C14H18BrNO2. The van der Waals surface area contributed by atoms with Crippen molar-refractivity contribution in [2.45, 2.75) is 31.3 Å². The van der Waals surface area contributed by atoms with Crippen LogP contribution in [0.5, 0.6) is 5.75 Å². The second kappa shape index (κ2) is 5.59. The quantitative estimate of drug-likeness (QED) is 0.910. The highest BCUT2D eigenvalue weighted by molar-refractivity contribution is 9.10. The van der Waals surface area contributed by atoms with Crippen molar-refractivity contribution in [3.8, 4) is 5.75 Å². The third-order valence-electron chi connectivity index (χ3n) is 3.67. The Morgan fingerprint density at radius 3 is 2.78 bits per heavy atom. The normalized spacial score (nSPS) is 24.4. The largest absolute Gasteiger partial charge is 0.493 e. The second-order valence-corrected chi connectivity index (χ2v) is 5.84. The summed E-state index contributed by atoms with van der Waals surface area (Å²) in [7, 11) is 0. The molecule has 1 N–H and O–H groups in total. The van der Waals surface area contributed by atoms with Crippen molar-refractivity contribution in [1.29, 1.82) is 0 Å². The first-order valence-corrected chi connectivity index (χ1v) is 7.38. The van der Waals surface area contributed by atoms with Crippen molar-refractivity contribution >= 4 is 15.9 Å². The molecule has 2 aliphatic rings. The van der Waals surface area contributed by atoms with Crippen LogP contribution in [-0.2, 0) is 4.74 Å². The van der Waals surface area contributed by atoms with E-state index in [0.29, 0.717) is 12.1 Å². The first kappa shape index (κ1) is 12.5. The maximum Gasteiger partial charge on any atom is 0.124 e. The van der Waals surface area contributed by atoms with Crippen LogP contribution in [0.1, 0.15) is 30.9 Å². The lowest BCUT2D eigenvalue weighted by Crippen LogP contribution is -2.39. The fourth-order valence-electron chi connectivity index (χ4n) is 2.69. The summed E-state index contributed by atoms with van der Waals surface area (Å²) < 4.78 is 12.2. The highest BCUT2D eigenvalue weighted by Crippen LogP contribution is 2.34. The van der Waals surface area contributed by atoms with E-state index in [2.05, 4.69) is 33.4 Å². The van der Waals surface area contributed by atoms with E-state index in [4.69, 9.17) is 9.47 Å². The number of hydrogen-bond acceptors (Lipinski definition) is 3. The minimum atomic E-state index is 0.411. The lowest BCUT2D eigenvalue weighted by molar-refractivity contribution is 0.0727. The Morgan fingerprint density at radius 1 is 1.11 bits per heavy atom. The topological polar surface area (TPSA) is 30.5 Å². The number of nitrogens with one attached hydrogen (secondary N) is 1. The van der Waals surface area contributed by atoms with Gasteiger partial charge in [-0.2, -0.15) is 0 Å². The van der Waals surface area contributed by atoms with Crippen LogP contribution in [0.25, 0.3) is 0 Å². The molecule has 1 saturated heterocycles. The molecule has 98 valence electrons. The SMILES string of the molecule is Brc1ccc2c(c1)C(NC1CCOCC1)CCO2. The van der Waals surface area contributed by atoms with Crippen LogP contribution in [0.4, 0.5) is 0 Å². The molecule has 0 saturated carbocycles. The predicted octanol–water partition coefficient (Wildman–Crippen LogP) is 3.04. The zero-order valence-corrected chi connectivity index (χ0v) is 11.9. The number of fused-ring (bicyclic) bond motifs is 1. The summed E-state index contributed by atoms with van der Waals surface area (Å²) in [6.45, 7) is 2.56. The van der Waals surface area contributed by atoms with Crippen molar-refractivity contribution < 1.29 is 9.47 Å². The molecule has 2 aliphatic heterocycles. The zero-order valence-electron chi connectivity index (χ0n) is 10.3. The van der Waals surface area contributed by atoms with E-state index in [1.54, 1.807) is 0 Å². The van der Waals surface area contributed by atoms with Crippen molar-refractivity contribution in [2.75, 3.05) is 19.8 Å². The highest BCUT2D eigenvalue weighted by Gasteiger charge is 2.25. The molecule has 2 heterocycles. The van der Waals surface area contributed by atoms with E-state index >= 15 is 0 Å². The fourth-order valence-corrected chi connectivity index (χ4v) is 3.07. The molecule has 1 fully saturated rings. The smallest absolute Gasteiger partial charge is 0.124 e. The summed E-state index contributed by atoms with van der Waals surface area (Å²) in [5, 5.41) is 3.76. The Bertz CT molecular complexity index is 418. The molecule has 1 atom stereocenters. The minimum Gasteiger partial charge on any atom is -0.493 e. The summed E-state index contributed by atoms with van der Waals surface area (Å²) in [4.78, 5) is 0. The molecular weight excluding hydrogens is 294 g/mol. The van der Waals surface area contributed by atoms with Crippen LogP contribution >= 0.6 is 15.9 Å². The van der Waals surface area contributed by atoms with E-state index in [9.17, 15) is 0 Å². The van der Waals surface area contributed by atoms with Crippen molar-refractivity contribution in [3.05, 3.63) is 28.2 Å². The second-order valence-electron chi connectivity index (χ2n) is 4.93. The summed E-state index contributed by atoms with van der Waals surface area (Å²) in [5.74, 6) is 1.02. The lowest BCUT2D eigenvalue weighted by Gasteiger charge is -2.32.